The molecule has 4 nitrogen and oxygen atoms in total. The summed E-state index contributed by atoms with van der Waals surface area (Å²) in [5.41, 5.74) is 1.89. The Labute approximate surface area is 127 Å². The summed E-state index contributed by atoms with van der Waals surface area (Å²) in [4.78, 5) is 11.2. The molecular weight excluding hydrogens is 299 g/mol. The van der Waals surface area contributed by atoms with Gasteiger partial charge in [-0.3, -0.25) is 4.79 Å². The molecule has 0 aliphatic heterocycles. The number of rotatable bonds is 5. The fraction of sp³-hybridized carbons (Fsp3) is 0.286. The number of aldehydes is 1. The molecule has 106 valence electrons. The molecule has 0 aliphatic carbocycles. The van der Waals surface area contributed by atoms with Gasteiger partial charge in [0.05, 0.1) is 28.6 Å². The Morgan fingerprint density at radius 3 is 2.80 bits per heavy atom. The van der Waals surface area contributed by atoms with Gasteiger partial charge in [0.1, 0.15) is 0 Å². The summed E-state index contributed by atoms with van der Waals surface area (Å²) in [5, 5.41) is 5.46. The van der Waals surface area contributed by atoms with Crippen LogP contribution in [0.25, 0.3) is 5.69 Å². The van der Waals surface area contributed by atoms with Crippen molar-refractivity contribution in [1.29, 1.82) is 0 Å². The highest BCUT2D eigenvalue weighted by atomic mass is 35.5. The minimum Gasteiger partial charge on any atom is -0.384 e. The van der Waals surface area contributed by atoms with Crippen molar-refractivity contribution in [3.8, 4) is 5.69 Å². The Bertz CT molecular complexity index is 626. The third-order valence-electron chi connectivity index (χ3n) is 2.94. The quantitative estimate of drug-likeness (QED) is 0.790. The number of hydrogen-bond donors (Lipinski definition) is 0. The topological polar surface area (TPSA) is 44.1 Å². The molecule has 1 aromatic carbocycles. The number of hydrogen-bond acceptors (Lipinski definition) is 3. The van der Waals surface area contributed by atoms with E-state index in [9.17, 15) is 4.79 Å². The van der Waals surface area contributed by atoms with Crippen molar-refractivity contribution in [2.24, 2.45) is 0 Å². The normalized spacial score (nSPS) is 12.4. The molecule has 1 atom stereocenters. The van der Waals surface area contributed by atoms with Gasteiger partial charge in [0.15, 0.2) is 6.29 Å². The Morgan fingerprint density at radius 1 is 1.45 bits per heavy atom. The minimum atomic E-state index is 0.0209. The lowest BCUT2D eigenvalue weighted by Crippen LogP contribution is -2.06. The molecular formula is C14H14Cl2N2O2. The molecule has 0 saturated heterocycles. The van der Waals surface area contributed by atoms with Gasteiger partial charge in [0.25, 0.3) is 0 Å². The van der Waals surface area contributed by atoms with Crippen LogP contribution in [0.1, 0.15) is 28.9 Å². The third kappa shape index (κ3) is 3.03. The summed E-state index contributed by atoms with van der Waals surface area (Å²) in [6.07, 6.45) is 2.44. The highest BCUT2D eigenvalue weighted by Gasteiger charge is 2.17. The summed E-state index contributed by atoms with van der Waals surface area (Å²) in [6.45, 7) is 2.44. The molecule has 0 fully saturated rings. The monoisotopic (exact) mass is 312 g/mol. The van der Waals surface area contributed by atoms with Crippen LogP contribution in [0.4, 0.5) is 0 Å². The zero-order valence-corrected chi connectivity index (χ0v) is 12.6. The number of ether oxygens (including phenoxy) is 1. The SMILES string of the molecule is COCC(C)c1nn(-c2ccc(Cl)cc2Cl)cc1C=O. The predicted octanol–water partition coefficient (Wildman–Crippen LogP) is 3.74. The number of methoxy groups -OCH3 is 1. The van der Waals surface area contributed by atoms with Crippen molar-refractivity contribution < 1.29 is 9.53 Å². The van der Waals surface area contributed by atoms with Gasteiger partial charge in [0.2, 0.25) is 0 Å². The highest BCUT2D eigenvalue weighted by molar-refractivity contribution is 6.35. The Hall–Kier alpha value is -1.36. The van der Waals surface area contributed by atoms with Gasteiger partial charge >= 0.3 is 0 Å². The zero-order valence-electron chi connectivity index (χ0n) is 11.1. The summed E-state index contributed by atoms with van der Waals surface area (Å²) in [7, 11) is 1.62. The maximum atomic E-state index is 11.2. The molecule has 0 aliphatic rings. The molecule has 0 radical (unpaired) electrons. The van der Waals surface area contributed by atoms with Crippen molar-refractivity contribution in [2.75, 3.05) is 13.7 Å². The standard InChI is InChI=1S/C14H14Cl2N2O2/c1-9(8-20-2)14-10(7-19)6-18(17-14)13-4-3-11(15)5-12(13)16/h3-7,9H,8H2,1-2H3. The maximum Gasteiger partial charge on any atom is 0.153 e. The Balaban J connectivity index is 2.45. The number of carbonyl (C=O) groups is 1. The number of benzene rings is 1. The van der Waals surface area contributed by atoms with Gasteiger partial charge in [-0.25, -0.2) is 4.68 Å². The molecule has 1 aromatic heterocycles. The average molecular weight is 313 g/mol. The van der Waals surface area contributed by atoms with E-state index in [0.717, 1.165) is 6.29 Å². The molecule has 0 N–H and O–H groups in total. The van der Waals surface area contributed by atoms with Crippen LogP contribution in [0, 0.1) is 0 Å². The summed E-state index contributed by atoms with van der Waals surface area (Å²) < 4.78 is 6.69. The highest BCUT2D eigenvalue weighted by Crippen LogP contribution is 2.26. The average Bonchev–Trinajstić information content (AvgIpc) is 2.83. The van der Waals surface area contributed by atoms with E-state index >= 15 is 0 Å². The van der Waals surface area contributed by atoms with Crippen LogP contribution < -0.4 is 0 Å². The summed E-state index contributed by atoms with van der Waals surface area (Å²) in [6, 6.07) is 5.12. The van der Waals surface area contributed by atoms with E-state index < -0.39 is 0 Å². The molecule has 0 spiro atoms. The number of aromatic nitrogens is 2. The first-order chi connectivity index (χ1) is 9.56. The van der Waals surface area contributed by atoms with Gasteiger partial charge in [0, 0.05) is 24.2 Å². The van der Waals surface area contributed by atoms with Crippen molar-refractivity contribution in [1.82, 2.24) is 9.78 Å². The van der Waals surface area contributed by atoms with E-state index in [2.05, 4.69) is 5.10 Å². The first-order valence-electron chi connectivity index (χ1n) is 6.06. The van der Waals surface area contributed by atoms with Gasteiger partial charge in [-0.2, -0.15) is 5.10 Å². The first-order valence-corrected chi connectivity index (χ1v) is 6.81. The third-order valence-corrected chi connectivity index (χ3v) is 3.48. The van der Waals surface area contributed by atoms with Crippen molar-refractivity contribution in [3.05, 3.63) is 45.7 Å². The molecule has 20 heavy (non-hydrogen) atoms. The van der Waals surface area contributed by atoms with Crippen LogP contribution in [0.5, 0.6) is 0 Å². The first kappa shape index (κ1) is 15.0. The molecule has 1 heterocycles. The van der Waals surface area contributed by atoms with Gasteiger partial charge in [-0.1, -0.05) is 30.1 Å². The smallest absolute Gasteiger partial charge is 0.153 e. The molecule has 6 heteroatoms. The van der Waals surface area contributed by atoms with Crippen LogP contribution in [0.2, 0.25) is 10.0 Å². The minimum absolute atomic E-state index is 0.0209. The van der Waals surface area contributed by atoms with E-state index in [1.807, 2.05) is 6.92 Å². The fourth-order valence-electron chi connectivity index (χ4n) is 1.99. The Morgan fingerprint density at radius 2 is 2.20 bits per heavy atom. The zero-order chi connectivity index (χ0) is 14.7. The molecule has 0 bridgehead atoms. The summed E-state index contributed by atoms with van der Waals surface area (Å²) in [5.74, 6) is 0.0209. The predicted molar refractivity (Wildman–Crippen MR) is 79.3 cm³/mol. The van der Waals surface area contributed by atoms with Gasteiger partial charge in [-0.05, 0) is 18.2 Å². The van der Waals surface area contributed by atoms with Crippen molar-refractivity contribution in [2.45, 2.75) is 12.8 Å². The lowest BCUT2D eigenvalue weighted by molar-refractivity contribution is 0.112. The second-order valence-electron chi connectivity index (χ2n) is 4.48. The van der Waals surface area contributed by atoms with E-state index in [-0.39, 0.29) is 5.92 Å². The molecule has 0 amide bonds. The number of carbonyl (C=O) groups excluding carboxylic acids is 1. The Kier molecular flexibility index (Phi) is 4.81. The van der Waals surface area contributed by atoms with Crippen LogP contribution in [-0.2, 0) is 4.74 Å². The van der Waals surface area contributed by atoms with Gasteiger partial charge in [-0.15, -0.1) is 0 Å². The second kappa shape index (κ2) is 6.39. The van der Waals surface area contributed by atoms with E-state index in [1.165, 1.54) is 0 Å². The molecule has 2 rings (SSSR count). The van der Waals surface area contributed by atoms with Gasteiger partial charge < -0.3 is 4.74 Å². The lowest BCUT2D eigenvalue weighted by Gasteiger charge is -2.08. The van der Waals surface area contributed by atoms with Crippen LogP contribution in [-0.4, -0.2) is 29.8 Å². The molecule has 2 aromatic rings. The van der Waals surface area contributed by atoms with E-state index in [4.69, 9.17) is 27.9 Å². The second-order valence-corrected chi connectivity index (χ2v) is 5.33. The van der Waals surface area contributed by atoms with Crippen LogP contribution in [0.15, 0.2) is 24.4 Å². The maximum absolute atomic E-state index is 11.2. The fourth-order valence-corrected chi connectivity index (χ4v) is 2.49. The summed E-state index contributed by atoms with van der Waals surface area (Å²) >= 11 is 12.0. The molecule has 1 unspecified atom stereocenters. The van der Waals surface area contributed by atoms with Crippen LogP contribution in [0.3, 0.4) is 0 Å². The van der Waals surface area contributed by atoms with Crippen LogP contribution >= 0.6 is 23.2 Å². The lowest BCUT2D eigenvalue weighted by atomic mass is 10.1. The number of halogens is 2. The molecule has 0 saturated carbocycles. The number of nitrogens with zero attached hydrogens (tertiary/aromatic N) is 2. The van der Waals surface area contributed by atoms with Crippen molar-refractivity contribution in [3.63, 3.8) is 0 Å². The van der Waals surface area contributed by atoms with E-state index in [1.54, 1.807) is 36.2 Å². The van der Waals surface area contributed by atoms with E-state index in [0.29, 0.717) is 33.6 Å². The van der Waals surface area contributed by atoms with Crippen molar-refractivity contribution >= 4 is 29.5 Å². The largest absolute Gasteiger partial charge is 0.384 e.